The second-order valence-corrected chi connectivity index (χ2v) is 9.97. The molecular weight excluding hydrogens is 492 g/mol. The molecule has 1 aromatic carbocycles. The highest BCUT2D eigenvalue weighted by Crippen LogP contribution is 2.36. The van der Waals surface area contributed by atoms with Crippen LogP contribution in [0.4, 0.5) is 5.82 Å². The van der Waals surface area contributed by atoms with Gasteiger partial charge >= 0.3 is 0 Å². The number of aliphatic hydroxyl groups is 2. The van der Waals surface area contributed by atoms with Gasteiger partial charge in [0.05, 0.1) is 36.6 Å². The second kappa shape index (κ2) is 11.5. The molecule has 1 aliphatic rings. The first kappa shape index (κ1) is 25.5. The Kier molecular flexibility index (Phi) is 7.93. The number of hydrogen-bond acceptors (Lipinski definition) is 7. The van der Waals surface area contributed by atoms with Gasteiger partial charge in [0.2, 0.25) is 0 Å². The molecule has 37 heavy (non-hydrogen) atoms. The number of pyridine rings is 1. The topological polar surface area (TPSA) is 110 Å². The van der Waals surface area contributed by atoms with Crippen molar-refractivity contribution in [2.24, 2.45) is 0 Å². The minimum atomic E-state index is -0.751. The van der Waals surface area contributed by atoms with Crippen molar-refractivity contribution in [2.45, 2.75) is 63.8 Å². The van der Waals surface area contributed by atoms with Crippen LogP contribution in [-0.4, -0.2) is 60.1 Å². The average molecular weight is 525 g/mol. The number of aliphatic hydroxyl groups excluding tert-OH is 2. The fourth-order valence-electron chi connectivity index (χ4n) is 4.92. The standard InChI is InChI=1S/C27H33ClN6O3/c1-2-29-26-13-25-24(15-30-26)27(18-14-31-33(16-18)11-10-21(36)17-35)32-34(25)20-6-8-22(9-7-20)37-23-5-3-4-19(28)12-23/h3-5,12-16,20-22,35-36H,2,6-11,17H2,1H3,(H,29,30)/t20?,21-,22?/m1/s1. The van der Waals surface area contributed by atoms with E-state index >= 15 is 0 Å². The van der Waals surface area contributed by atoms with E-state index < -0.39 is 6.10 Å². The summed E-state index contributed by atoms with van der Waals surface area (Å²) in [5.41, 5.74) is 2.79. The lowest BCUT2D eigenvalue weighted by Crippen LogP contribution is -2.26. The van der Waals surface area contributed by atoms with Gasteiger partial charge in [0, 0.05) is 47.5 Å². The SMILES string of the molecule is CCNc1cc2c(cn1)c(-c1cnn(CC[C@@H](O)CO)c1)nn2C1CCC(Oc2cccc(Cl)c2)CC1. The second-order valence-electron chi connectivity index (χ2n) is 9.53. The molecular formula is C27H33ClN6O3. The predicted octanol–water partition coefficient (Wildman–Crippen LogP) is 4.69. The number of nitrogens with one attached hydrogen (secondary N) is 1. The van der Waals surface area contributed by atoms with Crippen LogP contribution in [0.1, 0.15) is 45.1 Å². The summed E-state index contributed by atoms with van der Waals surface area (Å²) in [7, 11) is 0. The first-order valence-electron chi connectivity index (χ1n) is 12.9. The fraction of sp³-hybridized carbons (Fsp3) is 0.444. The molecule has 0 spiro atoms. The average Bonchev–Trinajstić information content (AvgIpc) is 3.52. The summed E-state index contributed by atoms with van der Waals surface area (Å²) in [6, 6.07) is 9.90. The van der Waals surface area contributed by atoms with E-state index in [1.807, 2.05) is 36.7 Å². The zero-order valence-electron chi connectivity index (χ0n) is 20.9. The third-order valence-corrected chi connectivity index (χ3v) is 7.08. The molecule has 0 bridgehead atoms. The largest absolute Gasteiger partial charge is 0.490 e. The lowest BCUT2D eigenvalue weighted by molar-refractivity contribution is 0.0838. The molecule has 3 heterocycles. The number of benzene rings is 1. The molecule has 5 rings (SSSR count). The number of aromatic nitrogens is 5. The van der Waals surface area contributed by atoms with E-state index in [2.05, 4.69) is 33.1 Å². The van der Waals surface area contributed by atoms with Crippen LogP contribution >= 0.6 is 11.6 Å². The van der Waals surface area contributed by atoms with Crippen molar-refractivity contribution in [2.75, 3.05) is 18.5 Å². The van der Waals surface area contributed by atoms with Gasteiger partial charge in [-0.3, -0.25) is 9.36 Å². The Balaban J connectivity index is 1.38. The number of rotatable bonds is 10. The van der Waals surface area contributed by atoms with Gasteiger partial charge in [-0.15, -0.1) is 0 Å². The molecule has 1 saturated carbocycles. The Morgan fingerprint density at radius 3 is 2.78 bits per heavy atom. The first-order valence-corrected chi connectivity index (χ1v) is 13.3. The summed E-state index contributed by atoms with van der Waals surface area (Å²) in [6.07, 6.45) is 9.23. The zero-order valence-corrected chi connectivity index (χ0v) is 21.7. The van der Waals surface area contributed by atoms with Crippen molar-refractivity contribution < 1.29 is 14.9 Å². The van der Waals surface area contributed by atoms with E-state index in [0.29, 0.717) is 18.0 Å². The van der Waals surface area contributed by atoms with Gasteiger partial charge in [-0.2, -0.15) is 10.2 Å². The maximum absolute atomic E-state index is 9.68. The Bertz CT molecular complexity index is 1330. The summed E-state index contributed by atoms with van der Waals surface area (Å²) < 4.78 is 10.1. The van der Waals surface area contributed by atoms with Crippen molar-refractivity contribution >= 4 is 28.3 Å². The van der Waals surface area contributed by atoms with Gasteiger partial charge in [-0.1, -0.05) is 17.7 Å². The molecule has 1 aliphatic carbocycles. The predicted molar refractivity (Wildman–Crippen MR) is 144 cm³/mol. The van der Waals surface area contributed by atoms with Crippen molar-refractivity contribution in [3.8, 4) is 17.0 Å². The number of hydrogen-bond donors (Lipinski definition) is 3. The number of aryl methyl sites for hydroxylation is 1. The van der Waals surface area contributed by atoms with Crippen LogP contribution in [0, 0.1) is 0 Å². The quantitative estimate of drug-likeness (QED) is 0.276. The molecule has 1 atom stereocenters. The first-order chi connectivity index (χ1) is 18.0. The maximum Gasteiger partial charge on any atom is 0.128 e. The molecule has 0 amide bonds. The number of anilines is 1. The summed E-state index contributed by atoms with van der Waals surface area (Å²) in [5, 5.41) is 33.3. The van der Waals surface area contributed by atoms with E-state index in [1.54, 1.807) is 10.9 Å². The molecule has 0 unspecified atom stereocenters. The van der Waals surface area contributed by atoms with Crippen molar-refractivity contribution in [1.82, 2.24) is 24.5 Å². The number of nitrogens with zero attached hydrogens (tertiary/aromatic N) is 5. The Morgan fingerprint density at radius 2 is 2.03 bits per heavy atom. The highest BCUT2D eigenvalue weighted by atomic mass is 35.5. The molecule has 3 aromatic heterocycles. The normalized spacial score (nSPS) is 18.7. The Hall–Kier alpha value is -3.14. The summed E-state index contributed by atoms with van der Waals surface area (Å²) >= 11 is 6.12. The van der Waals surface area contributed by atoms with Gasteiger partial charge in [0.25, 0.3) is 0 Å². The molecule has 9 nitrogen and oxygen atoms in total. The van der Waals surface area contributed by atoms with E-state index in [4.69, 9.17) is 26.5 Å². The summed E-state index contributed by atoms with van der Waals surface area (Å²) in [4.78, 5) is 4.60. The molecule has 10 heteroatoms. The Labute approximate surface area is 221 Å². The minimum absolute atomic E-state index is 0.155. The van der Waals surface area contributed by atoms with Crippen molar-refractivity contribution in [3.05, 3.63) is 53.9 Å². The molecule has 0 radical (unpaired) electrons. The van der Waals surface area contributed by atoms with Crippen LogP contribution < -0.4 is 10.1 Å². The van der Waals surface area contributed by atoms with Gasteiger partial charge in [0.15, 0.2) is 0 Å². The van der Waals surface area contributed by atoms with Gasteiger partial charge in [0.1, 0.15) is 17.3 Å². The van der Waals surface area contributed by atoms with Crippen LogP contribution in [0.5, 0.6) is 5.75 Å². The minimum Gasteiger partial charge on any atom is -0.490 e. The van der Waals surface area contributed by atoms with Gasteiger partial charge in [-0.25, -0.2) is 4.98 Å². The number of halogens is 1. The van der Waals surface area contributed by atoms with Crippen molar-refractivity contribution in [1.29, 1.82) is 0 Å². The lowest BCUT2D eigenvalue weighted by Gasteiger charge is -2.29. The van der Waals surface area contributed by atoms with Crippen molar-refractivity contribution in [3.63, 3.8) is 0 Å². The molecule has 1 fully saturated rings. The molecule has 0 aliphatic heterocycles. The van der Waals surface area contributed by atoms with Crippen LogP contribution in [0.15, 0.2) is 48.9 Å². The molecule has 4 aromatic rings. The zero-order chi connectivity index (χ0) is 25.8. The van der Waals surface area contributed by atoms with E-state index in [9.17, 15) is 5.11 Å². The highest BCUT2D eigenvalue weighted by molar-refractivity contribution is 6.30. The van der Waals surface area contributed by atoms with Gasteiger partial charge < -0.3 is 20.3 Å². The third kappa shape index (κ3) is 5.89. The van der Waals surface area contributed by atoms with Crippen LogP contribution in [0.2, 0.25) is 5.02 Å². The smallest absolute Gasteiger partial charge is 0.128 e. The maximum atomic E-state index is 9.68. The molecule has 0 saturated heterocycles. The third-order valence-electron chi connectivity index (χ3n) is 6.85. The molecule has 196 valence electrons. The summed E-state index contributed by atoms with van der Waals surface area (Å²) in [5.74, 6) is 1.64. The lowest BCUT2D eigenvalue weighted by atomic mass is 9.93. The van der Waals surface area contributed by atoms with E-state index in [0.717, 1.165) is 66.0 Å². The fourth-order valence-corrected chi connectivity index (χ4v) is 5.10. The number of ether oxygens (including phenoxy) is 1. The van der Waals surface area contributed by atoms with Gasteiger partial charge in [-0.05, 0) is 57.2 Å². The van der Waals surface area contributed by atoms with E-state index in [1.165, 1.54) is 0 Å². The summed E-state index contributed by atoms with van der Waals surface area (Å²) in [6.45, 7) is 3.10. The van der Waals surface area contributed by atoms with E-state index in [-0.39, 0.29) is 18.8 Å². The monoisotopic (exact) mass is 524 g/mol. The Morgan fingerprint density at radius 1 is 1.19 bits per heavy atom. The van der Waals surface area contributed by atoms with Crippen LogP contribution in [0.3, 0.4) is 0 Å². The molecule has 3 N–H and O–H groups in total. The number of fused-ring (bicyclic) bond motifs is 1. The van der Waals surface area contributed by atoms with Crippen LogP contribution in [0.25, 0.3) is 22.2 Å². The van der Waals surface area contributed by atoms with Crippen LogP contribution in [-0.2, 0) is 6.54 Å². The highest BCUT2D eigenvalue weighted by Gasteiger charge is 2.27.